The number of aryl methyl sites for hydroxylation is 2. The van der Waals surface area contributed by atoms with E-state index in [0.717, 1.165) is 23.4 Å². The first-order valence-corrected chi connectivity index (χ1v) is 10.1. The molecule has 6 nitrogen and oxygen atoms in total. The predicted molar refractivity (Wildman–Crippen MR) is 105 cm³/mol. The van der Waals surface area contributed by atoms with Gasteiger partial charge in [-0.15, -0.1) is 11.3 Å². The van der Waals surface area contributed by atoms with Crippen LogP contribution in [0.4, 0.5) is 0 Å². The molecule has 1 aromatic heterocycles. The monoisotopic (exact) mass is 387 g/mol. The lowest BCUT2D eigenvalue weighted by Crippen LogP contribution is -2.37. The summed E-state index contributed by atoms with van der Waals surface area (Å²) in [6.07, 6.45) is 1.99. The van der Waals surface area contributed by atoms with Crippen LogP contribution < -0.4 is 4.74 Å². The first-order chi connectivity index (χ1) is 13.1. The van der Waals surface area contributed by atoms with E-state index in [9.17, 15) is 9.59 Å². The molecule has 0 spiro atoms. The summed E-state index contributed by atoms with van der Waals surface area (Å²) >= 11 is 1.38. The molecule has 144 valence electrons. The minimum atomic E-state index is 0.0301. The van der Waals surface area contributed by atoms with Crippen LogP contribution in [0.3, 0.4) is 0 Å². The van der Waals surface area contributed by atoms with E-state index >= 15 is 0 Å². The summed E-state index contributed by atoms with van der Waals surface area (Å²) in [6.45, 7) is 4.40. The van der Waals surface area contributed by atoms with Gasteiger partial charge in [0.05, 0.1) is 18.3 Å². The van der Waals surface area contributed by atoms with Gasteiger partial charge in [-0.25, -0.2) is 4.98 Å². The smallest absolute Gasteiger partial charge is 0.265 e. The van der Waals surface area contributed by atoms with Gasteiger partial charge < -0.3 is 14.5 Å². The van der Waals surface area contributed by atoms with E-state index in [1.165, 1.54) is 11.3 Å². The second-order valence-electron chi connectivity index (χ2n) is 6.64. The second kappa shape index (κ2) is 8.99. The van der Waals surface area contributed by atoms with Gasteiger partial charge in [0.2, 0.25) is 5.91 Å². The highest BCUT2D eigenvalue weighted by Crippen LogP contribution is 2.17. The van der Waals surface area contributed by atoms with E-state index in [1.54, 1.807) is 12.6 Å². The van der Waals surface area contributed by atoms with Crippen molar-refractivity contribution in [3.8, 4) is 5.75 Å². The number of amides is 2. The lowest BCUT2D eigenvalue weighted by atomic mass is 10.1. The van der Waals surface area contributed by atoms with Gasteiger partial charge in [0.25, 0.3) is 5.91 Å². The molecule has 0 saturated carbocycles. The average molecular weight is 388 g/mol. The summed E-state index contributed by atoms with van der Waals surface area (Å²) in [5.74, 6) is 0.996. The van der Waals surface area contributed by atoms with Gasteiger partial charge in [-0.05, 0) is 37.5 Å². The summed E-state index contributed by atoms with van der Waals surface area (Å²) < 4.78 is 5.16. The number of ether oxygens (including phenoxy) is 1. The molecule has 1 saturated heterocycles. The highest BCUT2D eigenvalue weighted by Gasteiger charge is 2.24. The quantitative estimate of drug-likeness (QED) is 0.791. The normalized spacial score (nSPS) is 14.7. The number of hydrogen-bond donors (Lipinski definition) is 0. The number of carbonyl (C=O) groups excluding carboxylic acids is 2. The lowest BCUT2D eigenvalue weighted by Gasteiger charge is -2.22. The second-order valence-corrected chi connectivity index (χ2v) is 7.50. The summed E-state index contributed by atoms with van der Waals surface area (Å²) in [5.41, 5.74) is 3.60. The zero-order valence-corrected chi connectivity index (χ0v) is 16.6. The van der Waals surface area contributed by atoms with E-state index in [-0.39, 0.29) is 11.8 Å². The SMILES string of the molecule is COc1ccc(CCC(=O)N2CCCN(C(=O)c3scnc3C)CC2)cc1. The van der Waals surface area contributed by atoms with E-state index in [1.807, 2.05) is 41.0 Å². The van der Waals surface area contributed by atoms with Crippen molar-refractivity contribution in [1.29, 1.82) is 0 Å². The molecular weight excluding hydrogens is 362 g/mol. The Morgan fingerprint density at radius 3 is 2.48 bits per heavy atom. The van der Waals surface area contributed by atoms with Gasteiger partial charge in [-0.2, -0.15) is 0 Å². The van der Waals surface area contributed by atoms with E-state index < -0.39 is 0 Å². The third-order valence-corrected chi connectivity index (χ3v) is 5.78. The molecule has 0 bridgehead atoms. The molecule has 3 rings (SSSR count). The third-order valence-electron chi connectivity index (χ3n) is 4.86. The average Bonchev–Trinajstić information content (AvgIpc) is 2.97. The number of hydrogen-bond acceptors (Lipinski definition) is 5. The molecule has 2 heterocycles. The Hall–Kier alpha value is -2.41. The Balaban J connectivity index is 1.51. The molecular formula is C20H25N3O3S. The van der Waals surface area contributed by atoms with Crippen LogP contribution in [-0.2, 0) is 11.2 Å². The molecule has 2 aromatic rings. The fraction of sp³-hybridized carbons (Fsp3) is 0.450. The Kier molecular flexibility index (Phi) is 6.45. The third kappa shape index (κ3) is 4.86. The molecule has 0 N–H and O–H groups in total. The molecule has 0 radical (unpaired) electrons. The van der Waals surface area contributed by atoms with Crippen molar-refractivity contribution in [2.45, 2.75) is 26.2 Å². The molecule has 2 amide bonds. The van der Waals surface area contributed by atoms with Gasteiger partial charge in [0, 0.05) is 32.6 Å². The molecule has 0 aliphatic carbocycles. The number of nitrogens with zero attached hydrogens (tertiary/aromatic N) is 3. The van der Waals surface area contributed by atoms with Crippen LogP contribution in [-0.4, -0.2) is 59.9 Å². The van der Waals surface area contributed by atoms with Crippen molar-refractivity contribution in [2.24, 2.45) is 0 Å². The molecule has 0 unspecified atom stereocenters. The Labute approximate surface area is 163 Å². The highest BCUT2D eigenvalue weighted by atomic mass is 32.1. The van der Waals surface area contributed by atoms with Crippen LogP contribution in [0.5, 0.6) is 5.75 Å². The van der Waals surface area contributed by atoms with E-state index in [2.05, 4.69) is 4.98 Å². The van der Waals surface area contributed by atoms with Crippen molar-refractivity contribution in [3.05, 3.63) is 45.9 Å². The minimum absolute atomic E-state index is 0.0301. The van der Waals surface area contributed by atoms with Gasteiger partial charge in [0.15, 0.2) is 0 Å². The topological polar surface area (TPSA) is 62.7 Å². The van der Waals surface area contributed by atoms with Crippen molar-refractivity contribution in [2.75, 3.05) is 33.3 Å². The predicted octanol–water partition coefficient (Wildman–Crippen LogP) is 2.77. The fourth-order valence-electron chi connectivity index (χ4n) is 3.22. The molecule has 1 aliphatic heterocycles. The van der Waals surface area contributed by atoms with Crippen LogP contribution in [0, 0.1) is 6.92 Å². The van der Waals surface area contributed by atoms with Crippen LogP contribution in [0.25, 0.3) is 0 Å². The van der Waals surface area contributed by atoms with Crippen LogP contribution in [0.2, 0.25) is 0 Å². The van der Waals surface area contributed by atoms with E-state index in [0.29, 0.717) is 43.9 Å². The van der Waals surface area contributed by atoms with Gasteiger partial charge >= 0.3 is 0 Å². The molecule has 1 aromatic carbocycles. The molecule has 0 atom stereocenters. The molecule has 7 heteroatoms. The maximum atomic E-state index is 12.7. The van der Waals surface area contributed by atoms with Crippen LogP contribution >= 0.6 is 11.3 Å². The Morgan fingerprint density at radius 1 is 1.11 bits per heavy atom. The maximum absolute atomic E-state index is 12.7. The highest BCUT2D eigenvalue weighted by molar-refractivity contribution is 7.11. The van der Waals surface area contributed by atoms with Gasteiger partial charge in [0.1, 0.15) is 10.6 Å². The molecule has 1 fully saturated rings. The van der Waals surface area contributed by atoms with Crippen LogP contribution in [0.1, 0.15) is 33.8 Å². The maximum Gasteiger partial charge on any atom is 0.265 e. The largest absolute Gasteiger partial charge is 0.497 e. The molecule has 1 aliphatic rings. The lowest BCUT2D eigenvalue weighted by molar-refractivity contribution is -0.131. The zero-order chi connectivity index (χ0) is 19.2. The summed E-state index contributed by atoms with van der Waals surface area (Å²) in [7, 11) is 1.64. The Morgan fingerprint density at radius 2 is 1.81 bits per heavy atom. The van der Waals surface area contributed by atoms with Crippen molar-refractivity contribution in [3.63, 3.8) is 0 Å². The number of methoxy groups -OCH3 is 1. The number of carbonyl (C=O) groups is 2. The van der Waals surface area contributed by atoms with Crippen molar-refractivity contribution in [1.82, 2.24) is 14.8 Å². The molecule has 27 heavy (non-hydrogen) atoms. The number of benzene rings is 1. The minimum Gasteiger partial charge on any atom is -0.497 e. The number of aromatic nitrogens is 1. The zero-order valence-electron chi connectivity index (χ0n) is 15.8. The van der Waals surface area contributed by atoms with Gasteiger partial charge in [-0.1, -0.05) is 12.1 Å². The fourth-order valence-corrected chi connectivity index (χ4v) is 3.99. The van der Waals surface area contributed by atoms with E-state index in [4.69, 9.17) is 4.74 Å². The number of rotatable bonds is 5. The first kappa shape index (κ1) is 19.4. The van der Waals surface area contributed by atoms with Gasteiger partial charge in [-0.3, -0.25) is 9.59 Å². The summed E-state index contributed by atoms with van der Waals surface area (Å²) in [6, 6.07) is 7.81. The summed E-state index contributed by atoms with van der Waals surface area (Å²) in [4.78, 5) is 33.8. The van der Waals surface area contributed by atoms with Crippen LogP contribution in [0.15, 0.2) is 29.8 Å². The summed E-state index contributed by atoms with van der Waals surface area (Å²) in [5, 5.41) is 0. The van der Waals surface area contributed by atoms with Crippen molar-refractivity contribution >= 4 is 23.2 Å². The Bertz CT molecular complexity index is 788. The first-order valence-electron chi connectivity index (χ1n) is 9.18. The van der Waals surface area contributed by atoms with Crippen molar-refractivity contribution < 1.29 is 14.3 Å². The number of thiazole rings is 1. The standard InChI is InChI=1S/C20H25N3O3S/c1-15-19(27-14-21-15)20(25)23-11-3-10-22(12-13-23)18(24)9-6-16-4-7-17(26-2)8-5-16/h4-5,7-8,14H,3,6,9-13H2,1-2H3.